The predicted molar refractivity (Wildman–Crippen MR) is 98.3 cm³/mol. The summed E-state index contributed by atoms with van der Waals surface area (Å²) in [6.45, 7) is 5.33. The van der Waals surface area contributed by atoms with Crippen LogP contribution in [0.4, 0.5) is 11.4 Å². The third-order valence-electron chi connectivity index (χ3n) is 4.48. The molecule has 1 N–H and O–H groups in total. The molecule has 1 aliphatic rings. The van der Waals surface area contributed by atoms with E-state index in [0.29, 0.717) is 17.2 Å². The lowest BCUT2D eigenvalue weighted by Crippen LogP contribution is -2.39. The highest BCUT2D eigenvalue weighted by molar-refractivity contribution is 5.95. The molecule has 130 valence electrons. The standard InChI is InChI=1S/C20H23N3O2/c1-14-5-4-10-23(13-14)20(25)19-9-8-18(12-21-19)22-17-7-3-6-16(11-17)15(2)24/h3,6-9,11-12,14,22H,4-5,10,13H2,1-2H3. The van der Waals surface area contributed by atoms with Crippen molar-refractivity contribution < 1.29 is 9.59 Å². The average molecular weight is 337 g/mol. The molecular formula is C20H23N3O2. The predicted octanol–water partition coefficient (Wildman–Crippen LogP) is 3.90. The van der Waals surface area contributed by atoms with E-state index in [4.69, 9.17) is 0 Å². The number of rotatable bonds is 4. The van der Waals surface area contributed by atoms with Crippen LogP contribution in [0.15, 0.2) is 42.6 Å². The Kier molecular flexibility index (Phi) is 5.12. The highest BCUT2D eigenvalue weighted by Gasteiger charge is 2.22. The summed E-state index contributed by atoms with van der Waals surface area (Å²) in [4.78, 5) is 30.2. The smallest absolute Gasteiger partial charge is 0.272 e. The minimum Gasteiger partial charge on any atom is -0.354 e. The highest BCUT2D eigenvalue weighted by Crippen LogP contribution is 2.20. The number of hydrogen-bond donors (Lipinski definition) is 1. The first kappa shape index (κ1) is 17.1. The van der Waals surface area contributed by atoms with Crippen molar-refractivity contribution in [2.75, 3.05) is 18.4 Å². The molecule has 3 rings (SSSR count). The van der Waals surface area contributed by atoms with E-state index in [9.17, 15) is 9.59 Å². The molecule has 25 heavy (non-hydrogen) atoms. The summed E-state index contributed by atoms with van der Waals surface area (Å²) in [7, 11) is 0. The first-order valence-electron chi connectivity index (χ1n) is 8.66. The molecule has 2 aromatic rings. The molecule has 1 atom stereocenters. The van der Waals surface area contributed by atoms with Gasteiger partial charge in [0.2, 0.25) is 0 Å². The summed E-state index contributed by atoms with van der Waals surface area (Å²) in [5.41, 5.74) is 2.73. The average Bonchev–Trinajstić information content (AvgIpc) is 2.62. The van der Waals surface area contributed by atoms with Gasteiger partial charge < -0.3 is 10.2 Å². The van der Waals surface area contributed by atoms with Gasteiger partial charge in [-0.1, -0.05) is 19.1 Å². The Labute approximate surface area is 148 Å². The maximum absolute atomic E-state index is 12.5. The summed E-state index contributed by atoms with van der Waals surface area (Å²) >= 11 is 0. The third kappa shape index (κ3) is 4.24. The zero-order chi connectivity index (χ0) is 17.8. The van der Waals surface area contributed by atoms with Crippen LogP contribution in [0.1, 0.15) is 47.5 Å². The lowest BCUT2D eigenvalue weighted by Gasteiger charge is -2.30. The number of likely N-dealkylation sites (tertiary alicyclic amines) is 1. The van der Waals surface area contributed by atoms with E-state index >= 15 is 0 Å². The van der Waals surface area contributed by atoms with Crippen LogP contribution in [0.25, 0.3) is 0 Å². The maximum Gasteiger partial charge on any atom is 0.272 e. The van der Waals surface area contributed by atoms with Gasteiger partial charge in [0, 0.05) is 24.3 Å². The van der Waals surface area contributed by atoms with Crippen LogP contribution in [-0.4, -0.2) is 34.7 Å². The molecule has 1 unspecified atom stereocenters. The highest BCUT2D eigenvalue weighted by atomic mass is 16.2. The van der Waals surface area contributed by atoms with Crippen LogP contribution in [0.2, 0.25) is 0 Å². The number of Topliss-reactive ketones (excluding diaryl/α,β-unsaturated/α-hetero) is 1. The molecule has 5 nitrogen and oxygen atoms in total. The fraction of sp³-hybridized carbons (Fsp3) is 0.350. The van der Waals surface area contributed by atoms with Gasteiger partial charge in [-0.05, 0) is 49.9 Å². The second-order valence-electron chi connectivity index (χ2n) is 6.69. The largest absolute Gasteiger partial charge is 0.354 e. The van der Waals surface area contributed by atoms with E-state index in [1.54, 1.807) is 31.3 Å². The number of carbonyl (C=O) groups excluding carboxylic acids is 2. The van der Waals surface area contributed by atoms with Gasteiger partial charge in [-0.2, -0.15) is 0 Å². The molecule has 0 aliphatic carbocycles. The number of amides is 1. The SMILES string of the molecule is CC(=O)c1cccc(Nc2ccc(C(=O)N3CCCC(C)C3)nc2)c1. The summed E-state index contributed by atoms with van der Waals surface area (Å²) in [5.74, 6) is 0.572. The minimum atomic E-state index is -0.00308. The maximum atomic E-state index is 12.5. The van der Waals surface area contributed by atoms with Gasteiger partial charge in [-0.15, -0.1) is 0 Å². The van der Waals surface area contributed by atoms with E-state index in [1.807, 2.05) is 23.1 Å². The molecule has 1 aromatic heterocycles. The van der Waals surface area contributed by atoms with Gasteiger partial charge >= 0.3 is 0 Å². The molecular weight excluding hydrogens is 314 g/mol. The number of hydrogen-bond acceptors (Lipinski definition) is 4. The number of pyridine rings is 1. The van der Waals surface area contributed by atoms with Gasteiger partial charge in [0.15, 0.2) is 5.78 Å². The normalized spacial score (nSPS) is 17.2. The monoisotopic (exact) mass is 337 g/mol. The summed E-state index contributed by atoms with van der Waals surface area (Å²) < 4.78 is 0. The van der Waals surface area contributed by atoms with E-state index in [1.165, 1.54) is 6.42 Å². The van der Waals surface area contributed by atoms with Crippen LogP contribution in [0.5, 0.6) is 0 Å². The first-order valence-corrected chi connectivity index (χ1v) is 8.66. The molecule has 1 aromatic carbocycles. The second-order valence-corrected chi connectivity index (χ2v) is 6.69. The van der Waals surface area contributed by atoms with Gasteiger partial charge in [0.1, 0.15) is 5.69 Å². The van der Waals surface area contributed by atoms with Crippen LogP contribution < -0.4 is 5.32 Å². The van der Waals surface area contributed by atoms with Crippen molar-refractivity contribution >= 4 is 23.1 Å². The van der Waals surface area contributed by atoms with Gasteiger partial charge in [0.25, 0.3) is 5.91 Å². The van der Waals surface area contributed by atoms with Gasteiger partial charge in [-0.3, -0.25) is 9.59 Å². The van der Waals surface area contributed by atoms with Gasteiger partial charge in [0.05, 0.1) is 11.9 Å². The van der Waals surface area contributed by atoms with E-state index in [0.717, 1.165) is 30.9 Å². The molecule has 0 radical (unpaired) electrons. The van der Waals surface area contributed by atoms with Crippen molar-refractivity contribution in [3.05, 3.63) is 53.9 Å². The number of anilines is 2. The Balaban J connectivity index is 1.69. The molecule has 0 bridgehead atoms. The number of piperidine rings is 1. The number of nitrogens with zero attached hydrogens (tertiary/aromatic N) is 2. The van der Waals surface area contributed by atoms with Crippen molar-refractivity contribution in [1.29, 1.82) is 0 Å². The fourth-order valence-corrected chi connectivity index (χ4v) is 3.11. The summed E-state index contributed by atoms with van der Waals surface area (Å²) in [6.07, 6.45) is 3.89. The number of aromatic nitrogens is 1. The minimum absolute atomic E-state index is 0.00308. The number of carbonyl (C=O) groups is 2. The molecule has 1 saturated heterocycles. The second kappa shape index (κ2) is 7.47. The topological polar surface area (TPSA) is 62.3 Å². The fourth-order valence-electron chi connectivity index (χ4n) is 3.11. The first-order chi connectivity index (χ1) is 12.0. The Bertz CT molecular complexity index is 771. The molecule has 0 saturated carbocycles. The number of ketones is 1. The van der Waals surface area contributed by atoms with Crippen molar-refractivity contribution in [3.63, 3.8) is 0 Å². The third-order valence-corrected chi connectivity index (χ3v) is 4.48. The van der Waals surface area contributed by atoms with Crippen LogP contribution >= 0.6 is 0 Å². The Hall–Kier alpha value is -2.69. The Morgan fingerprint density at radius 3 is 2.72 bits per heavy atom. The Morgan fingerprint density at radius 1 is 1.20 bits per heavy atom. The van der Waals surface area contributed by atoms with Crippen LogP contribution in [-0.2, 0) is 0 Å². The van der Waals surface area contributed by atoms with Crippen LogP contribution in [0.3, 0.4) is 0 Å². The molecule has 0 spiro atoms. The molecule has 1 amide bonds. The summed E-state index contributed by atoms with van der Waals surface area (Å²) in [5, 5.41) is 3.21. The quantitative estimate of drug-likeness (QED) is 0.860. The van der Waals surface area contributed by atoms with Crippen molar-refractivity contribution in [2.45, 2.75) is 26.7 Å². The Morgan fingerprint density at radius 2 is 2.04 bits per heavy atom. The van der Waals surface area contributed by atoms with Crippen molar-refractivity contribution in [1.82, 2.24) is 9.88 Å². The summed E-state index contributed by atoms with van der Waals surface area (Å²) in [6, 6.07) is 10.9. The van der Waals surface area contributed by atoms with Crippen molar-refractivity contribution in [3.8, 4) is 0 Å². The molecule has 1 fully saturated rings. The zero-order valence-electron chi connectivity index (χ0n) is 14.7. The lowest BCUT2D eigenvalue weighted by molar-refractivity contribution is 0.0677. The zero-order valence-corrected chi connectivity index (χ0v) is 14.7. The molecule has 5 heteroatoms. The number of benzene rings is 1. The molecule has 2 heterocycles. The van der Waals surface area contributed by atoms with Gasteiger partial charge in [-0.25, -0.2) is 4.98 Å². The van der Waals surface area contributed by atoms with E-state index < -0.39 is 0 Å². The molecule has 1 aliphatic heterocycles. The van der Waals surface area contributed by atoms with E-state index in [-0.39, 0.29) is 11.7 Å². The van der Waals surface area contributed by atoms with E-state index in [2.05, 4.69) is 17.2 Å². The lowest BCUT2D eigenvalue weighted by atomic mass is 10.00. The van der Waals surface area contributed by atoms with Crippen LogP contribution in [0, 0.1) is 5.92 Å². The number of nitrogens with one attached hydrogen (secondary N) is 1. The van der Waals surface area contributed by atoms with Crippen molar-refractivity contribution in [2.24, 2.45) is 5.92 Å².